The molecule has 0 spiro atoms. The van der Waals surface area contributed by atoms with Crippen molar-refractivity contribution in [3.8, 4) is 0 Å². The van der Waals surface area contributed by atoms with Crippen molar-refractivity contribution in [2.75, 3.05) is 0 Å². The monoisotopic (exact) mass is 273 g/mol. The van der Waals surface area contributed by atoms with Gasteiger partial charge in [0.15, 0.2) is 0 Å². The predicted octanol–water partition coefficient (Wildman–Crippen LogP) is 4.06. The van der Waals surface area contributed by atoms with Crippen LogP contribution in [0.2, 0.25) is 0 Å². The lowest BCUT2D eigenvalue weighted by Gasteiger charge is -2.13. The molecule has 2 aromatic rings. The highest BCUT2D eigenvalue weighted by Gasteiger charge is 2.10. The third-order valence-electron chi connectivity index (χ3n) is 3.27. The van der Waals surface area contributed by atoms with E-state index in [-0.39, 0.29) is 6.10 Å². The number of hydrogen-bond acceptors (Lipinski definition) is 3. The lowest BCUT2D eigenvalue weighted by Crippen LogP contribution is -2.22. The third kappa shape index (κ3) is 4.22. The number of ether oxygens (including phenoxy) is 1. The van der Waals surface area contributed by atoms with Crippen molar-refractivity contribution in [3.05, 3.63) is 59.5 Å². The number of furan rings is 1. The number of hydrogen-bond donors (Lipinski definition) is 1. The van der Waals surface area contributed by atoms with Gasteiger partial charge in [0.05, 0.1) is 12.4 Å². The molecule has 1 N–H and O–H groups in total. The highest BCUT2D eigenvalue weighted by atomic mass is 16.5. The molecule has 0 radical (unpaired) electrons. The van der Waals surface area contributed by atoms with Gasteiger partial charge in [-0.15, -0.1) is 0 Å². The van der Waals surface area contributed by atoms with E-state index in [1.165, 1.54) is 11.1 Å². The van der Waals surface area contributed by atoms with Crippen molar-refractivity contribution in [1.29, 1.82) is 0 Å². The maximum absolute atomic E-state index is 5.90. The fraction of sp³-hybridized carbons (Fsp3) is 0.412. The molecule has 0 saturated carbocycles. The van der Waals surface area contributed by atoms with E-state index in [4.69, 9.17) is 9.15 Å². The van der Waals surface area contributed by atoms with Crippen LogP contribution in [-0.4, -0.2) is 6.04 Å². The van der Waals surface area contributed by atoms with E-state index in [2.05, 4.69) is 38.2 Å². The van der Waals surface area contributed by atoms with Crippen LogP contribution in [0.4, 0.5) is 0 Å². The summed E-state index contributed by atoms with van der Waals surface area (Å²) in [7, 11) is 0. The molecule has 1 atom stereocenters. The molecule has 0 amide bonds. The topological polar surface area (TPSA) is 34.4 Å². The van der Waals surface area contributed by atoms with Gasteiger partial charge in [-0.25, -0.2) is 0 Å². The normalized spacial score (nSPS) is 12.8. The predicted molar refractivity (Wildman–Crippen MR) is 80.3 cm³/mol. The Morgan fingerprint density at radius 2 is 1.85 bits per heavy atom. The van der Waals surface area contributed by atoms with E-state index in [1.54, 1.807) is 6.26 Å². The average molecular weight is 273 g/mol. The van der Waals surface area contributed by atoms with Crippen molar-refractivity contribution in [3.63, 3.8) is 0 Å². The minimum Gasteiger partial charge on any atom is -0.467 e. The van der Waals surface area contributed by atoms with Crippen molar-refractivity contribution < 1.29 is 9.15 Å². The Labute approximate surface area is 121 Å². The van der Waals surface area contributed by atoms with Gasteiger partial charge in [0.1, 0.15) is 12.4 Å². The highest BCUT2D eigenvalue weighted by molar-refractivity contribution is 5.18. The summed E-state index contributed by atoms with van der Waals surface area (Å²) in [6, 6.07) is 12.7. The van der Waals surface area contributed by atoms with E-state index >= 15 is 0 Å². The standard InChI is InChI=1S/C17H23NO2/c1-13(2)18-11-16-9-10-19-17(16)12-20-14(3)15-7-5-4-6-8-15/h4-10,13-14,18H,11-12H2,1-3H3. The fourth-order valence-corrected chi connectivity index (χ4v) is 1.99. The molecule has 0 aliphatic rings. The molecule has 20 heavy (non-hydrogen) atoms. The Morgan fingerprint density at radius 3 is 2.55 bits per heavy atom. The van der Waals surface area contributed by atoms with Gasteiger partial charge >= 0.3 is 0 Å². The lowest BCUT2D eigenvalue weighted by molar-refractivity contribution is 0.0414. The molecule has 0 aliphatic heterocycles. The smallest absolute Gasteiger partial charge is 0.133 e. The van der Waals surface area contributed by atoms with E-state index in [0.29, 0.717) is 12.6 Å². The Hall–Kier alpha value is -1.58. The second-order valence-electron chi connectivity index (χ2n) is 5.27. The molecule has 1 unspecified atom stereocenters. The molecule has 1 aromatic carbocycles. The SMILES string of the molecule is CC(C)NCc1ccoc1COC(C)c1ccccc1. The van der Waals surface area contributed by atoms with Gasteiger partial charge in [-0.05, 0) is 18.6 Å². The van der Waals surface area contributed by atoms with Crippen LogP contribution in [0.1, 0.15) is 43.8 Å². The van der Waals surface area contributed by atoms with Gasteiger partial charge < -0.3 is 14.5 Å². The van der Waals surface area contributed by atoms with Crippen molar-refractivity contribution in [2.45, 2.75) is 46.1 Å². The fourth-order valence-electron chi connectivity index (χ4n) is 1.99. The van der Waals surface area contributed by atoms with Crippen LogP contribution >= 0.6 is 0 Å². The van der Waals surface area contributed by atoms with Gasteiger partial charge in [0.2, 0.25) is 0 Å². The zero-order chi connectivity index (χ0) is 14.4. The summed E-state index contributed by atoms with van der Waals surface area (Å²) < 4.78 is 11.4. The maximum Gasteiger partial charge on any atom is 0.133 e. The first-order chi connectivity index (χ1) is 9.66. The van der Waals surface area contributed by atoms with Gasteiger partial charge in [-0.2, -0.15) is 0 Å². The van der Waals surface area contributed by atoms with Crippen LogP contribution in [0.3, 0.4) is 0 Å². The number of rotatable bonds is 7. The van der Waals surface area contributed by atoms with E-state index in [1.807, 2.05) is 24.3 Å². The van der Waals surface area contributed by atoms with Gasteiger partial charge in [-0.1, -0.05) is 44.2 Å². The molecule has 0 fully saturated rings. The van der Waals surface area contributed by atoms with Gasteiger partial charge in [0, 0.05) is 18.2 Å². The van der Waals surface area contributed by atoms with Crippen LogP contribution in [0, 0.1) is 0 Å². The minimum atomic E-state index is 0.0622. The Morgan fingerprint density at radius 1 is 1.10 bits per heavy atom. The van der Waals surface area contributed by atoms with Crippen molar-refractivity contribution in [2.24, 2.45) is 0 Å². The van der Waals surface area contributed by atoms with Crippen molar-refractivity contribution in [1.82, 2.24) is 5.32 Å². The zero-order valence-electron chi connectivity index (χ0n) is 12.4. The van der Waals surface area contributed by atoms with Crippen LogP contribution in [-0.2, 0) is 17.9 Å². The third-order valence-corrected chi connectivity index (χ3v) is 3.27. The molecule has 3 nitrogen and oxygen atoms in total. The van der Waals surface area contributed by atoms with Gasteiger partial charge in [-0.3, -0.25) is 0 Å². The molecule has 0 aliphatic carbocycles. The molecule has 3 heteroatoms. The minimum absolute atomic E-state index is 0.0622. The first kappa shape index (κ1) is 14.8. The summed E-state index contributed by atoms with van der Waals surface area (Å²) in [6.45, 7) is 7.64. The van der Waals surface area contributed by atoms with Crippen LogP contribution in [0.25, 0.3) is 0 Å². The summed E-state index contributed by atoms with van der Waals surface area (Å²) in [5.74, 6) is 0.904. The second-order valence-corrected chi connectivity index (χ2v) is 5.27. The molecule has 0 bridgehead atoms. The molecule has 108 valence electrons. The molecule has 1 aromatic heterocycles. The molecular weight excluding hydrogens is 250 g/mol. The summed E-state index contributed by atoms with van der Waals surface area (Å²) in [5, 5.41) is 3.39. The van der Waals surface area contributed by atoms with Crippen LogP contribution < -0.4 is 5.32 Å². The summed E-state index contributed by atoms with van der Waals surface area (Å²) >= 11 is 0. The van der Waals surface area contributed by atoms with E-state index in [0.717, 1.165) is 12.3 Å². The Kier molecular flexibility index (Phi) is 5.39. The Balaban J connectivity index is 1.89. The summed E-state index contributed by atoms with van der Waals surface area (Å²) in [4.78, 5) is 0. The number of benzene rings is 1. The molecule has 1 heterocycles. The summed E-state index contributed by atoms with van der Waals surface area (Å²) in [6.07, 6.45) is 1.79. The average Bonchev–Trinajstić information content (AvgIpc) is 2.91. The van der Waals surface area contributed by atoms with Crippen LogP contribution in [0.5, 0.6) is 0 Å². The largest absolute Gasteiger partial charge is 0.467 e. The van der Waals surface area contributed by atoms with E-state index < -0.39 is 0 Å². The quantitative estimate of drug-likeness (QED) is 0.826. The molecule has 2 rings (SSSR count). The first-order valence-electron chi connectivity index (χ1n) is 7.12. The summed E-state index contributed by atoms with van der Waals surface area (Å²) in [5.41, 5.74) is 2.35. The first-order valence-corrected chi connectivity index (χ1v) is 7.12. The second kappa shape index (κ2) is 7.27. The number of nitrogens with one attached hydrogen (secondary N) is 1. The zero-order valence-corrected chi connectivity index (χ0v) is 12.4. The van der Waals surface area contributed by atoms with Gasteiger partial charge in [0.25, 0.3) is 0 Å². The highest BCUT2D eigenvalue weighted by Crippen LogP contribution is 2.20. The maximum atomic E-state index is 5.90. The molecule has 0 saturated heterocycles. The van der Waals surface area contributed by atoms with Crippen LogP contribution in [0.15, 0.2) is 47.1 Å². The Bertz CT molecular complexity index is 505. The van der Waals surface area contributed by atoms with E-state index in [9.17, 15) is 0 Å². The lowest BCUT2D eigenvalue weighted by atomic mass is 10.1. The van der Waals surface area contributed by atoms with Crippen molar-refractivity contribution >= 4 is 0 Å². The molecular formula is C17H23NO2.